The fraction of sp³-hybridized carbons (Fsp3) is 0.607. The van der Waals surface area contributed by atoms with Gasteiger partial charge in [-0.1, -0.05) is 24.3 Å². The van der Waals surface area contributed by atoms with Gasteiger partial charge >= 0.3 is 0 Å². The van der Waals surface area contributed by atoms with E-state index >= 15 is 0 Å². The molecule has 4 unspecified atom stereocenters. The molecule has 1 aromatic rings. The molecule has 3 heteroatoms. The fourth-order valence-electron chi connectivity index (χ4n) is 7.42. The Kier molecular flexibility index (Phi) is 5.05. The van der Waals surface area contributed by atoms with Crippen molar-refractivity contribution >= 4 is 11.5 Å². The summed E-state index contributed by atoms with van der Waals surface area (Å²) in [4.78, 5) is 14.0. The molecule has 0 bridgehead atoms. The topological polar surface area (TPSA) is 40.5 Å². The van der Waals surface area contributed by atoms with Crippen LogP contribution in [0.15, 0.2) is 35.9 Å². The van der Waals surface area contributed by atoms with Gasteiger partial charge in [-0.05, 0) is 99.0 Å². The van der Waals surface area contributed by atoms with Crippen molar-refractivity contribution < 1.29 is 9.90 Å². The predicted octanol–water partition coefficient (Wildman–Crippen LogP) is 4.98. The maximum atomic E-state index is 11.9. The van der Waals surface area contributed by atoms with Crippen molar-refractivity contribution in [3.8, 4) is 11.8 Å². The monoisotopic (exact) mass is 417 g/mol. The minimum atomic E-state index is -0.901. The van der Waals surface area contributed by atoms with Gasteiger partial charge in [-0.3, -0.25) is 4.79 Å². The number of aliphatic hydroxyl groups is 1. The second kappa shape index (κ2) is 7.52. The van der Waals surface area contributed by atoms with E-state index in [2.05, 4.69) is 47.9 Å². The molecule has 0 radical (unpaired) electrons. The largest absolute Gasteiger partial charge is 0.378 e. The summed E-state index contributed by atoms with van der Waals surface area (Å²) < 4.78 is 0. The van der Waals surface area contributed by atoms with Gasteiger partial charge in [0.15, 0.2) is 5.78 Å². The summed E-state index contributed by atoms with van der Waals surface area (Å²) in [5.41, 5.74) is 2.53. The Balaban J connectivity index is 1.38. The second-order valence-electron chi connectivity index (χ2n) is 10.9. The molecule has 0 amide bonds. The molecular weight excluding hydrogens is 382 g/mol. The van der Waals surface area contributed by atoms with Crippen LogP contribution in [0.25, 0.3) is 0 Å². The Bertz CT molecular complexity index is 965. The zero-order valence-electron chi connectivity index (χ0n) is 19.2. The molecule has 3 fully saturated rings. The molecule has 0 spiro atoms. The molecule has 0 saturated heterocycles. The van der Waals surface area contributed by atoms with E-state index in [0.29, 0.717) is 29.5 Å². The summed E-state index contributed by atoms with van der Waals surface area (Å²) >= 11 is 0. The van der Waals surface area contributed by atoms with Gasteiger partial charge in [-0.15, -0.1) is 0 Å². The fourth-order valence-corrected chi connectivity index (χ4v) is 7.42. The van der Waals surface area contributed by atoms with Gasteiger partial charge in [0.25, 0.3) is 0 Å². The summed E-state index contributed by atoms with van der Waals surface area (Å²) in [6.45, 7) is 2.31. The first-order valence-electron chi connectivity index (χ1n) is 12.1. The van der Waals surface area contributed by atoms with Crippen molar-refractivity contribution in [1.82, 2.24) is 0 Å². The molecule has 3 nitrogen and oxygen atoms in total. The van der Waals surface area contributed by atoms with E-state index in [1.807, 2.05) is 20.2 Å². The molecule has 4 aliphatic rings. The number of carbonyl (C=O) groups excluding carboxylic acids is 1. The van der Waals surface area contributed by atoms with Crippen LogP contribution in [0.2, 0.25) is 0 Å². The molecule has 1 N–H and O–H groups in total. The van der Waals surface area contributed by atoms with Crippen molar-refractivity contribution in [2.45, 2.75) is 63.9 Å². The van der Waals surface area contributed by atoms with Gasteiger partial charge in [0.05, 0.1) is 0 Å². The van der Waals surface area contributed by atoms with Crippen LogP contribution in [0.1, 0.15) is 63.9 Å². The van der Waals surface area contributed by atoms with Crippen LogP contribution in [0.5, 0.6) is 0 Å². The zero-order valence-corrected chi connectivity index (χ0v) is 19.2. The highest BCUT2D eigenvalue weighted by Gasteiger charge is 2.62. The normalized spacial score (nSPS) is 38.8. The SMILES string of the molecule is CN(C)c1ccc(C#C[C@]2(O)CCC3C4CCC5=CC(=O)CCC5C4CC[C@@]32C)cc1. The minimum absolute atomic E-state index is 0.129. The molecule has 0 aliphatic heterocycles. The van der Waals surface area contributed by atoms with E-state index in [0.717, 1.165) is 56.2 Å². The Labute approximate surface area is 186 Å². The Morgan fingerprint density at radius 1 is 1.00 bits per heavy atom. The summed E-state index contributed by atoms with van der Waals surface area (Å²) in [6.07, 6.45) is 10.1. The van der Waals surface area contributed by atoms with Crippen LogP contribution in [0, 0.1) is 40.9 Å². The lowest BCUT2D eigenvalue weighted by atomic mass is 9.50. The summed E-state index contributed by atoms with van der Waals surface area (Å²) in [7, 11) is 4.07. The second-order valence-corrected chi connectivity index (χ2v) is 10.9. The standard InChI is InChI=1S/C28H35NO2/c1-27-15-13-24-23-11-9-22(30)18-20(23)6-10-25(24)26(27)14-17-28(27,31)16-12-19-4-7-21(8-5-19)29(2)3/h4-5,7-8,18,23-26,31H,6,9-11,13-15,17H2,1-3H3/t23?,24?,25?,26?,27-,28-/m0/s1. The lowest BCUT2D eigenvalue weighted by molar-refractivity contribution is -0.116. The maximum absolute atomic E-state index is 11.9. The first-order valence-corrected chi connectivity index (χ1v) is 12.1. The molecule has 1 aromatic carbocycles. The van der Waals surface area contributed by atoms with Crippen molar-refractivity contribution in [1.29, 1.82) is 0 Å². The molecular formula is C28H35NO2. The molecule has 0 heterocycles. The third-order valence-corrected chi connectivity index (χ3v) is 9.25. The average Bonchev–Trinajstić information content (AvgIpc) is 3.03. The third kappa shape index (κ3) is 3.35. The third-order valence-electron chi connectivity index (χ3n) is 9.25. The number of fused-ring (bicyclic) bond motifs is 5. The Morgan fingerprint density at radius 2 is 1.77 bits per heavy atom. The van der Waals surface area contributed by atoms with Gasteiger partial charge in [0, 0.05) is 37.2 Å². The number of hydrogen-bond donors (Lipinski definition) is 1. The van der Waals surface area contributed by atoms with E-state index in [4.69, 9.17) is 0 Å². The van der Waals surface area contributed by atoms with Crippen LogP contribution in [0.4, 0.5) is 5.69 Å². The van der Waals surface area contributed by atoms with E-state index < -0.39 is 5.60 Å². The summed E-state index contributed by atoms with van der Waals surface area (Å²) in [5.74, 6) is 9.51. The molecule has 3 saturated carbocycles. The smallest absolute Gasteiger partial charge is 0.155 e. The highest BCUT2D eigenvalue weighted by atomic mass is 16.3. The average molecular weight is 418 g/mol. The summed E-state index contributed by atoms with van der Waals surface area (Å²) in [5, 5.41) is 11.8. The van der Waals surface area contributed by atoms with Gasteiger partial charge in [-0.25, -0.2) is 0 Å². The van der Waals surface area contributed by atoms with Crippen molar-refractivity contribution in [3.05, 3.63) is 41.5 Å². The number of hydrogen-bond acceptors (Lipinski definition) is 3. The van der Waals surface area contributed by atoms with E-state index in [1.165, 1.54) is 12.0 Å². The number of rotatable bonds is 1. The van der Waals surface area contributed by atoms with Gasteiger partial charge < -0.3 is 10.0 Å². The van der Waals surface area contributed by atoms with Gasteiger partial charge in [0.1, 0.15) is 5.60 Å². The van der Waals surface area contributed by atoms with E-state index in [1.54, 1.807) is 0 Å². The van der Waals surface area contributed by atoms with Crippen molar-refractivity contribution in [2.75, 3.05) is 19.0 Å². The Morgan fingerprint density at radius 3 is 2.52 bits per heavy atom. The number of ketones is 1. The van der Waals surface area contributed by atoms with Crippen LogP contribution in [-0.4, -0.2) is 30.6 Å². The van der Waals surface area contributed by atoms with Crippen LogP contribution < -0.4 is 4.90 Å². The molecule has 6 atom stereocenters. The highest BCUT2D eigenvalue weighted by Crippen LogP contribution is 2.64. The molecule has 31 heavy (non-hydrogen) atoms. The first kappa shape index (κ1) is 20.8. The predicted molar refractivity (Wildman–Crippen MR) is 125 cm³/mol. The molecule has 4 aliphatic carbocycles. The number of carbonyl (C=O) groups is 1. The van der Waals surface area contributed by atoms with Crippen LogP contribution in [-0.2, 0) is 4.79 Å². The van der Waals surface area contributed by atoms with Gasteiger partial charge in [-0.2, -0.15) is 0 Å². The molecule has 5 rings (SSSR count). The number of anilines is 1. The number of nitrogens with zero attached hydrogens (tertiary/aromatic N) is 1. The van der Waals surface area contributed by atoms with Gasteiger partial charge in [0.2, 0.25) is 0 Å². The Hall–Kier alpha value is -2.05. The van der Waals surface area contributed by atoms with Crippen LogP contribution in [0.3, 0.4) is 0 Å². The van der Waals surface area contributed by atoms with E-state index in [-0.39, 0.29) is 5.41 Å². The number of allylic oxidation sites excluding steroid dienone is 1. The van der Waals surface area contributed by atoms with E-state index in [9.17, 15) is 9.90 Å². The number of benzene rings is 1. The lowest BCUT2D eigenvalue weighted by Gasteiger charge is -2.54. The quantitative estimate of drug-likeness (QED) is 0.656. The maximum Gasteiger partial charge on any atom is 0.155 e. The lowest BCUT2D eigenvalue weighted by Crippen LogP contribution is -2.52. The minimum Gasteiger partial charge on any atom is -0.378 e. The summed E-state index contributed by atoms with van der Waals surface area (Å²) in [6, 6.07) is 8.27. The molecule has 164 valence electrons. The van der Waals surface area contributed by atoms with Crippen molar-refractivity contribution in [3.63, 3.8) is 0 Å². The first-order chi connectivity index (χ1) is 14.8. The molecule has 0 aromatic heterocycles. The zero-order chi connectivity index (χ0) is 21.8. The van der Waals surface area contributed by atoms with Crippen LogP contribution >= 0.6 is 0 Å². The highest BCUT2D eigenvalue weighted by molar-refractivity contribution is 5.91. The van der Waals surface area contributed by atoms with Crippen molar-refractivity contribution in [2.24, 2.45) is 29.1 Å².